The van der Waals surface area contributed by atoms with E-state index in [0.717, 1.165) is 13.1 Å². The highest BCUT2D eigenvalue weighted by molar-refractivity contribution is 5.30. The molecule has 0 amide bonds. The standard InChI is InChI=1S/C18H32N2/c1-6-7-8-9-20(14(2)3)13-18(19)17-11-15(4)10-16(5)12-17/h10-12,14,18H,6-9,13,19H2,1-5H3. The lowest BCUT2D eigenvalue weighted by Gasteiger charge is -2.29. The molecule has 0 aliphatic heterocycles. The summed E-state index contributed by atoms with van der Waals surface area (Å²) in [5, 5.41) is 0. The molecule has 0 spiro atoms. The Bertz CT molecular complexity index is 378. The Labute approximate surface area is 125 Å². The maximum atomic E-state index is 6.43. The van der Waals surface area contributed by atoms with Gasteiger partial charge in [-0.1, -0.05) is 49.1 Å². The number of aryl methyl sites for hydroxylation is 2. The van der Waals surface area contributed by atoms with Crippen molar-refractivity contribution in [2.75, 3.05) is 13.1 Å². The van der Waals surface area contributed by atoms with E-state index >= 15 is 0 Å². The molecule has 0 fully saturated rings. The van der Waals surface area contributed by atoms with Crippen molar-refractivity contribution < 1.29 is 0 Å². The number of rotatable bonds is 8. The van der Waals surface area contributed by atoms with Crippen LogP contribution in [-0.2, 0) is 0 Å². The topological polar surface area (TPSA) is 29.3 Å². The van der Waals surface area contributed by atoms with Crippen molar-refractivity contribution >= 4 is 0 Å². The van der Waals surface area contributed by atoms with Gasteiger partial charge in [0.15, 0.2) is 0 Å². The van der Waals surface area contributed by atoms with Gasteiger partial charge in [-0.3, -0.25) is 4.90 Å². The molecule has 20 heavy (non-hydrogen) atoms. The van der Waals surface area contributed by atoms with Crippen LogP contribution in [0.2, 0.25) is 0 Å². The fourth-order valence-electron chi connectivity index (χ4n) is 2.71. The molecule has 2 nitrogen and oxygen atoms in total. The highest BCUT2D eigenvalue weighted by Crippen LogP contribution is 2.17. The zero-order chi connectivity index (χ0) is 15.1. The normalized spacial score (nSPS) is 13.2. The minimum atomic E-state index is 0.109. The molecule has 0 aliphatic rings. The van der Waals surface area contributed by atoms with Crippen LogP contribution in [0.15, 0.2) is 18.2 Å². The quantitative estimate of drug-likeness (QED) is 0.721. The first-order valence-electron chi connectivity index (χ1n) is 8.01. The van der Waals surface area contributed by atoms with E-state index in [1.54, 1.807) is 0 Å². The average molecular weight is 276 g/mol. The van der Waals surface area contributed by atoms with E-state index in [1.807, 2.05) is 0 Å². The van der Waals surface area contributed by atoms with Crippen LogP contribution in [0.3, 0.4) is 0 Å². The van der Waals surface area contributed by atoms with Crippen molar-refractivity contribution in [3.8, 4) is 0 Å². The van der Waals surface area contributed by atoms with Crippen molar-refractivity contribution in [3.63, 3.8) is 0 Å². The Morgan fingerprint density at radius 1 is 1.05 bits per heavy atom. The largest absolute Gasteiger partial charge is 0.323 e. The Hall–Kier alpha value is -0.860. The predicted molar refractivity (Wildman–Crippen MR) is 89.1 cm³/mol. The van der Waals surface area contributed by atoms with Gasteiger partial charge >= 0.3 is 0 Å². The highest BCUT2D eigenvalue weighted by atomic mass is 15.2. The van der Waals surface area contributed by atoms with Crippen molar-refractivity contribution in [3.05, 3.63) is 34.9 Å². The first-order valence-corrected chi connectivity index (χ1v) is 8.01. The summed E-state index contributed by atoms with van der Waals surface area (Å²) in [5.41, 5.74) is 10.3. The van der Waals surface area contributed by atoms with Gasteiger partial charge in [0.2, 0.25) is 0 Å². The molecule has 0 aliphatic carbocycles. The van der Waals surface area contributed by atoms with E-state index in [9.17, 15) is 0 Å². The Morgan fingerprint density at radius 3 is 2.15 bits per heavy atom. The van der Waals surface area contributed by atoms with Crippen molar-refractivity contribution in [1.82, 2.24) is 4.90 Å². The molecule has 1 aromatic carbocycles. The summed E-state index contributed by atoms with van der Waals surface area (Å²) in [6.07, 6.45) is 3.85. The fourth-order valence-corrected chi connectivity index (χ4v) is 2.71. The van der Waals surface area contributed by atoms with Crippen LogP contribution in [0.25, 0.3) is 0 Å². The second kappa shape index (κ2) is 8.43. The lowest BCUT2D eigenvalue weighted by atomic mass is 10.0. The van der Waals surface area contributed by atoms with E-state index in [-0.39, 0.29) is 6.04 Å². The fraction of sp³-hybridized carbons (Fsp3) is 0.667. The molecule has 2 N–H and O–H groups in total. The summed E-state index contributed by atoms with van der Waals surface area (Å²) in [4.78, 5) is 2.51. The molecule has 0 saturated carbocycles. The molecule has 0 bridgehead atoms. The Kier molecular flexibility index (Phi) is 7.25. The van der Waals surface area contributed by atoms with Crippen LogP contribution < -0.4 is 5.73 Å². The predicted octanol–water partition coefficient (Wildman–Crippen LogP) is 4.20. The lowest BCUT2D eigenvalue weighted by molar-refractivity contribution is 0.204. The van der Waals surface area contributed by atoms with Gasteiger partial charge in [-0.15, -0.1) is 0 Å². The number of benzene rings is 1. The SMILES string of the molecule is CCCCCN(CC(N)c1cc(C)cc(C)c1)C(C)C. The van der Waals surface area contributed by atoms with Gasteiger partial charge in [-0.05, 0) is 46.2 Å². The molecular weight excluding hydrogens is 244 g/mol. The lowest BCUT2D eigenvalue weighted by Crippen LogP contribution is -2.37. The van der Waals surface area contributed by atoms with Crippen LogP contribution in [0.1, 0.15) is 62.8 Å². The van der Waals surface area contributed by atoms with Gasteiger partial charge in [0, 0.05) is 18.6 Å². The zero-order valence-electron chi connectivity index (χ0n) is 13.9. The summed E-state index contributed by atoms with van der Waals surface area (Å²) in [5.74, 6) is 0. The van der Waals surface area contributed by atoms with Gasteiger partial charge in [-0.2, -0.15) is 0 Å². The number of nitrogens with two attached hydrogens (primary N) is 1. The van der Waals surface area contributed by atoms with Crippen LogP contribution >= 0.6 is 0 Å². The van der Waals surface area contributed by atoms with Gasteiger partial charge in [-0.25, -0.2) is 0 Å². The molecule has 0 aromatic heterocycles. The molecule has 0 radical (unpaired) electrons. The Balaban J connectivity index is 2.67. The molecule has 114 valence electrons. The Morgan fingerprint density at radius 2 is 1.65 bits per heavy atom. The van der Waals surface area contributed by atoms with E-state index in [2.05, 4.69) is 57.7 Å². The second-order valence-electron chi connectivity index (χ2n) is 6.32. The van der Waals surface area contributed by atoms with Gasteiger partial charge in [0.05, 0.1) is 0 Å². The number of hydrogen-bond acceptors (Lipinski definition) is 2. The summed E-state index contributed by atoms with van der Waals surface area (Å²) in [7, 11) is 0. The number of unbranched alkanes of at least 4 members (excludes halogenated alkanes) is 2. The zero-order valence-corrected chi connectivity index (χ0v) is 13.9. The minimum absolute atomic E-state index is 0.109. The van der Waals surface area contributed by atoms with Crippen molar-refractivity contribution in [2.45, 2.75) is 66.0 Å². The molecule has 0 heterocycles. The van der Waals surface area contributed by atoms with Gasteiger partial charge in [0.25, 0.3) is 0 Å². The first kappa shape index (κ1) is 17.2. The minimum Gasteiger partial charge on any atom is -0.323 e. The summed E-state index contributed by atoms with van der Waals surface area (Å²) < 4.78 is 0. The van der Waals surface area contributed by atoms with Crippen LogP contribution in [0.5, 0.6) is 0 Å². The molecule has 1 atom stereocenters. The third kappa shape index (κ3) is 5.64. The summed E-state index contributed by atoms with van der Waals surface area (Å²) in [6.45, 7) is 13.2. The summed E-state index contributed by atoms with van der Waals surface area (Å²) in [6, 6.07) is 7.32. The molecule has 0 saturated heterocycles. The van der Waals surface area contributed by atoms with Crippen LogP contribution in [0.4, 0.5) is 0 Å². The molecule has 1 unspecified atom stereocenters. The van der Waals surface area contributed by atoms with Crippen LogP contribution in [-0.4, -0.2) is 24.0 Å². The molecule has 1 rings (SSSR count). The second-order valence-corrected chi connectivity index (χ2v) is 6.32. The third-order valence-electron chi connectivity index (χ3n) is 3.88. The maximum absolute atomic E-state index is 6.43. The molecule has 1 aromatic rings. The van der Waals surface area contributed by atoms with E-state index in [0.29, 0.717) is 6.04 Å². The number of hydrogen-bond donors (Lipinski definition) is 1. The molecular formula is C18H32N2. The van der Waals surface area contributed by atoms with Crippen LogP contribution in [0, 0.1) is 13.8 Å². The monoisotopic (exact) mass is 276 g/mol. The van der Waals surface area contributed by atoms with E-state index in [1.165, 1.54) is 36.0 Å². The van der Waals surface area contributed by atoms with E-state index < -0.39 is 0 Å². The molecule has 2 heteroatoms. The van der Waals surface area contributed by atoms with Gasteiger partial charge in [0.1, 0.15) is 0 Å². The van der Waals surface area contributed by atoms with E-state index in [4.69, 9.17) is 5.73 Å². The average Bonchev–Trinajstić information content (AvgIpc) is 2.36. The third-order valence-corrected chi connectivity index (χ3v) is 3.88. The smallest absolute Gasteiger partial charge is 0.0424 e. The van der Waals surface area contributed by atoms with Gasteiger partial charge < -0.3 is 5.73 Å². The number of nitrogens with zero attached hydrogens (tertiary/aromatic N) is 1. The van der Waals surface area contributed by atoms with Crippen molar-refractivity contribution in [2.24, 2.45) is 5.73 Å². The highest BCUT2D eigenvalue weighted by Gasteiger charge is 2.15. The summed E-state index contributed by atoms with van der Waals surface area (Å²) >= 11 is 0. The van der Waals surface area contributed by atoms with Crippen molar-refractivity contribution in [1.29, 1.82) is 0 Å². The maximum Gasteiger partial charge on any atom is 0.0424 e. The first-order chi connectivity index (χ1) is 9.43.